The molecule has 126 valence electrons. The van der Waals surface area contributed by atoms with Crippen molar-refractivity contribution in [2.75, 3.05) is 13.2 Å². The Morgan fingerprint density at radius 2 is 1.88 bits per heavy atom. The number of imide groups is 1. The summed E-state index contributed by atoms with van der Waals surface area (Å²) in [6.45, 7) is 3.11. The number of nitrogens with zero attached hydrogens (tertiary/aromatic N) is 3. The fraction of sp³-hybridized carbons (Fsp3) is 0.267. The highest BCUT2D eigenvalue weighted by atomic mass is 16.5. The molecule has 1 aromatic heterocycles. The molecular formula is C15H17N5O4. The minimum atomic E-state index is -0.791. The van der Waals surface area contributed by atoms with Gasteiger partial charge in [0.15, 0.2) is 12.3 Å². The van der Waals surface area contributed by atoms with E-state index in [0.717, 1.165) is 0 Å². The third-order valence-corrected chi connectivity index (χ3v) is 2.89. The molecule has 2 N–H and O–H groups in total. The summed E-state index contributed by atoms with van der Waals surface area (Å²) in [4.78, 5) is 36.0. The van der Waals surface area contributed by atoms with Gasteiger partial charge in [0.05, 0.1) is 11.4 Å². The molecule has 0 saturated heterocycles. The van der Waals surface area contributed by atoms with Crippen molar-refractivity contribution in [1.29, 1.82) is 0 Å². The molecule has 9 heteroatoms. The van der Waals surface area contributed by atoms with E-state index in [9.17, 15) is 14.4 Å². The SMILES string of the molecule is CCNC(=O)NC(=O)COC(=O)c1nn(-c2ccccc2)nc1C. The predicted molar refractivity (Wildman–Crippen MR) is 83.6 cm³/mol. The monoisotopic (exact) mass is 331 g/mol. The maximum atomic E-state index is 12.0. The zero-order valence-electron chi connectivity index (χ0n) is 13.3. The maximum Gasteiger partial charge on any atom is 0.361 e. The molecule has 1 heterocycles. The Kier molecular flexibility index (Phi) is 5.61. The summed E-state index contributed by atoms with van der Waals surface area (Å²) >= 11 is 0. The van der Waals surface area contributed by atoms with Gasteiger partial charge in [-0.3, -0.25) is 10.1 Å². The molecule has 0 aliphatic carbocycles. The standard InChI is InChI=1S/C15H17N5O4/c1-3-16-15(23)17-12(21)9-24-14(22)13-10(2)18-20(19-13)11-7-5-4-6-8-11/h4-8H,3,9H2,1-2H3,(H2,16,17,21,23). The van der Waals surface area contributed by atoms with Crippen LogP contribution < -0.4 is 10.6 Å². The average molecular weight is 331 g/mol. The van der Waals surface area contributed by atoms with Crippen molar-refractivity contribution in [1.82, 2.24) is 25.6 Å². The van der Waals surface area contributed by atoms with Gasteiger partial charge in [-0.2, -0.15) is 9.90 Å². The number of esters is 1. The van der Waals surface area contributed by atoms with Crippen molar-refractivity contribution in [3.63, 3.8) is 0 Å². The Labute approximate surface area is 138 Å². The average Bonchev–Trinajstić information content (AvgIpc) is 2.95. The Bertz CT molecular complexity index is 742. The first-order valence-electron chi connectivity index (χ1n) is 7.25. The molecule has 24 heavy (non-hydrogen) atoms. The number of hydrogen-bond donors (Lipinski definition) is 2. The first-order chi connectivity index (χ1) is 11.5. The van der Waals surface area contributed by atoms with Crippen LogP contribution in [0.2, 0.25) is 0 Å². The highest BCUT2D eigenvalue weighted by Gasteiger charge is 2.19. The van der Waals surface area contributed by atoms with Crippen LogP contribution in [0.4, 0.5) is 4.79 Å². The molecule has 1 aromatic carbocycles. The minimum Gasteiger partial charge on any atom is -0.451 e. The topological polar surface area (TPSA) is 115 Å². The molecule has 3 amide bonds. The number of hydrogen-bond acceptors (Lipinski definition) is 6. The zero-order valence-corrected chi connectivity index (χ0v) is 13.3. The van der Waals surface area contributed by atoms with E-state index in [-0.39, 0.29) is 5.69 Å². The second-order valence-corrected chi connectivity index (χ2v) is 4.74. The third kappa shape index (κ3) is 4.38. The van der Waals surface area contributed by atoms with Crippen LogP contribution in [0.5, 0.6) is 0 Å². The van der Waals surface area contributed by atoms with Crippen LogP contribution >= 0.6 is 0 Å². The summed E-state index contributed by atoms with van der Waals surface area (Å²) in [6.07, 6.45) is 0. The van der Waals surface area contributed by atoms with Crippen molar-refractivity contribution < 1.29 is 19.1 Å². The number of rotatable bonds is 5. The van der Waals surface area contributed by atoms with Gasteiger partial charge in [0.1, 0.15) is 0 Å². The smallest absolute Gasteiger partial charge is 0.361 e. The number of carbonyl (C=O) groups is 3. The lowest BCUT2D eigenvalue weighted by molar-refractivity contribution is -0.123. The van der Waals surface area contributed by atoms with Crippen LogP contribution in [0.1, 0.15) is 23.1 Å². The van der Waals surface area contributed by atoms with E-state index in [0.29, 0.717) is 17.9 Å². The fourth-order valence-corrected chi connectivity index (χ4v) is 1.81. The molecule has 0 aliphatic heterocycles. The highest BCUT2D eigenvalue weighted by molar-refractivity contribution is 5.96. The van der Waals surface area contributed by atoms with Crippen LogP contribution in [0.3, 0.4) is 0 Å². The number of ether oxygens (including phenoxy) is 1. The summed E-state index contributed by atoms with van der Waals surface area (Å²) in [5.74, 6) is -1.52. The van der Waals surface area contributed by atoms with Gasteiger partial charge in [-0.1, -0.05) is 18.2 Å². The van der Waals surface area contributed by atoms with Crippen molar-refractivity contribution in [3.8, 4) is 5.69 Å². The van der Waals surface area contributed by atoms with Crippen LogP contribution in [0.15, 0.2) is 30.3 Å². The molecule has 2 aromatic rings. The van der Waals surface area contributed by atoms with Crippen molar-refractivity contribution in [2.24, 2.45) is 0 Å². The van der Waals surface area contributed by atoms with Crippen molar-refractivity contribution in [2.45, 2.75) is 13.8 Å². The number of aromatic nitrogens is 3. The van der Waals surface area contributed by atoms with E-state index in [1.807, 2.05) is 23.5 Å². The zero-order chi connectivity index (χ0) is 17.5. The molecule has 2 rings (SSSR count). The number of amides is 3. The van der Waals surface area contributed by atoms with Gasteiger partial charge >= 0.3 is 12.0 Å². The van der Waals surface area contributed by atoms with E-state index in [1.54, 1.807) is 26.0 Å². The maximum absolute atomic E-state index is 12.0. The largest absolute Gasteiger partial charge is 0.451 e. The molecule has 0 fully saturated rings. The Hall–Kier alpha value is -3.23. The van der Waals surface area contributed by atoms with Gasteiger partial charge in [-0.15, -0.1) is 5.10 Å². The third-order valence-electron chi connectivity index (χ3n) is 2.89. The van der Waals surface area contributed by atoms with Gasteiger partial charge in [0.2, 0.25) is 0 Å². The first-order valence-corrected chi connectivity index (χ1v) is 7.25. The molecular weight excluding hydrogens is 314 g/mol. The number of urea groups is 1. The summed E-state index contributed by atoms with van der Waals surface area (Å²) in [5.41, 5.74) is 1.06. The molecule has 0 spiro atoms. The molecule has 0 radical (unpaired) electrons. The molecule has 0 atom stereocenters. The molecule has 0 unspecified atom stereocenters. The number of benzene rings is 1. The van der Waals surface area contributed by atoms with Crippen LogP contribution in [-0.2, 0) is 9.53 Å². The number of aryl methyl sites for hydroxylation is 1. The van der Waals surface area contributed by atoms with Crippen LogP contribution in [0, 0.1) is 6.92 Å². The summed E-state index contributed by atoms with van der Waals surface area (Å²) in [5, 5.41) is 12.6. The van der Waals surface area contributed by atoms with E-state index < -0.39 is 24.5 Å². The van der Waals surface area contributed by atoms with Crippen LogP contribution in [0.25, 0.3) is 5.69 Å². The summed E-state index contributed by atoms with van der Waals surface area (Å²) < 4.78 is 4.85. The van der Waals surface area contributed by atoms with Gasteiger partial charge in [0, 0.05) is 6.54 Å². The second kappa shape index (κ2) is 7.86. The molecule has 0 saturated carbocycles. The number of carbonyl (C=O) groups excluding carboxylic acids is 3. The van der Waals surface area contributed by atoms with Crippen molar-refractivity contribution in [3.05, 3.63) is 41.7 Å². The molecule has 9 nitrogen and oxygen atoms in total. The summed E-state index contributed by atoms with van der Waals surface area (Å²) in [6, 6.07) is 8.41. The van der Waals surface area contributed by atoms with E-state index >= 15 is 0 Å². The lowest BCUT2D eigenvalue weighted by atomic mass is 10.3. The fourth-order valence-electron chi connectivity index (χ4n) is 1.81. The lowest BCUT2D eigenvalue weighted by Gasteiger charge is -2.05. The van der Waals surface area contributed by atoms with Crippen molar-refractivity contribution >= 4 is 17.9 Å². The Balaban J connectivity index is 1.97. The Morgan fingerprint density at radius 3 is 2.54 bits per heavy atom. The first kappa shape index (κ1) is 17.1. The minimum absolute atomic E-state index is 0.00432. The van der Waals surface area contributed by atoms with E-state index in [2.05, 4.69) is 15.5 Å². The van der Waals surface area contributed by atoms with Crippen LogP contribution in [-0.4, -0.2) is 46.1 Å². The highest BCUT2D eigenvalue weighted by Crippen LogP contribution is 2.09. The van der Waals surface area contributed by atoms with Gasteiger partial charge in [-0.25, -0.2) is 9.59 Å². The lowest BCUT2D eigenvalue weighted by Crippen LogP contribution is -2.41. The number of nitrogens with one attached hydrogen (secondary N) is 2. The molecule has 0 aliphatic rings. The van der Waals surface area contributed by atoms with E-state index in [4.69, 9.17) is 4.74 Å². The normalized spacial score (nSPS) is 10.1. The van der Waals surface area contributed by atoms with Gasteiger partial charge in [-0.05, 0) is 26.0 Å². The van der Waals surface area contributed by atoms with Gasteiger partial charge < -0.3 is 10.1 Å². The Morgan fingerprint density at radius 1 is 1.17 bits per heavy atom. The van der Waals surface area contributed by atoms with Gasteiger partial charge in [0.25, 0.3) is 5.91 Å². The quantitative estimate of drug-likeness (QED) is 0.774. The second-order valence-electron chi connectivity index (χ2n) is 4.74. The van der Waals surface area contributed by atoms with E-state index in [1.165, 1.54) is 4.80 Å². The summed E-state index contributed by atoms with van der Waals surface area (Å²) in [7, 11) is 0. The predicted octanol–water partition coefficient (Wildman–Crippen LogP) is 0.578. The molecule has 0 bridgehead atoms. The number of para-hydroxylation sites is 1.